The predicted octanol–water partition coefficient (Wildman–Crippen LogP) is 0.956. The van der Waals surface area contributed by atoms with Crippen LogP contribution in [-0.4, -0.2) is 16.4 Å². The summed E-state index contributed by atoms with van der Waals surface area (Å²) in [6.07, 6.45) is 5.74. The van der Waals surface area contributed by atoms with Crippen LogP contribution in [0.3, 0.4) is 0 Å². The van der Waals surface area contributed by atoms with Crippen LogP contribution >= 0.6 is 0 Å². The third kappa shape index (κ3) is 2.46. The van der Waals surface area contributed by atoms with Gasteiger partial charge in [-0.2, -0.15) is 0 Å². The van der Waals surface area contributed by atoms with E-state index >= 15 is 0 Å². The van der Waals surface area contributed by atoms with Crippen molar-refractivity contribution < 1.29 is 10.7 Å². The Morgan fingerprint density at radius 3 is 2.00 bits per heavy atom. The third-order valence-electron chi connectivity index (χ3n) is 1.57. The Kier molecular flexibility index (Phi) is 4.05. The third-order valence-corrected chi connectivity index (χ3v) is 1.57. The van der Waals surface area contributed by atoms with Gasteiger partial charge in [-0.15, -0.1) is 0 Å². The van der Waals surface area contributed by atoms with E-state index in [0.29, 0.717) is 0 Å². The number of rotatable bonds is 0. The van der Waals surface area contributed by atoms with Gasteiger partial charge in [0, 0.05) is 0 Å². The van der Waals surface area contributed by atoms with Crippen molar-refractivity contribution in [2.75, 3.05) is 0 Å². The van der Waals surface area contributed by atoms with Crippen LogP contribution in [0, 0.1) is 0 Å². The standard InChI is InChI=1S/C6H11NO.H2O/c8-7-6-4-2-1-3-5-6;/h8H,1-5H2;1H2. The predicted molar refractivity (Wildman–Crippen MR) is 35.9 cm³/mol. The molecule has 0 unspecified atom stereocenters. The van der Waals surface area contributed by atoms with Gasteiger partial charge in [-0.1, -0.05) is 11.6 Å². The molecule has 0 radical (unpaired) electrons. The Morgan fingerprint density at radius 2 is 1.67 bits per heavy atom. The SMILES string of the molecule is O.ON=C1CCCCC1. The molecule has 0 aliphatic heterocycles. The lowest BCUT2D eigenvalue weighted by atomic mass is 9.99. The van der Waals surface area contributed by atoms with Crippen LogP contribution in [0.5, 0.6) is 0 Å². The molecule has 3 nitrogen and oxygen atoms in total. The monoisotopic (exact) mass is 131 g/mol. The highest BCUT2D eigenvalue weighted by Crippen LogP contribution is 2.13. The minimum atomic E-state index is 0. The Morgan fingerprint density at radius 1 is 1.11 bits per heavy atom. The normalized spacial score (nSPS) is 18.4. The van der Waals surface area contributed by atoms with Gasteiger partial charge in [-0.05, 0) is 25.7 Å². The van der Waals surface area contributed by atoms with E-state index in [1.165, 1.54) is 19.3 Å². The second-order valence-electron chi connectivity index (χ2n) is 2.23. The number of nitrogens with zero attached hydrogens (tertiary/aromatic N) is 1. The maximum atomic E-state index is 8.28. The smallest absolute Gasteiger partial charge is 0.0570 e. The molecule has 0 heterocycles. The molecule has 3 N–H and O–H groups in total. The van der Waals surface area contributed by atoms with Gasteiger partial charge in [0.25, 0.3) is 0 Å². The molecule has 54 valence electrons. The van der Waals surface area contributed by atoms with Gasteiger partial charge in [0.1, 0.15) is 0 Å². The summed E-state index contributed by atoms with van der Waals surface area (Å²) in [6.45, 7) is 0. The maximum Gasteiger partial charge on any atom is 0.0570 e. The first-order valence-corrected chi connectivity index (χ1v) is 3.13. The van der Waals surface area contributed by atoms with Gasteiger partial charge < -0.3 is 10.7 Å². The summed E-state index contributed by atoms with van der Waals surface area (Å²) in [6, 6.07) is 0. The average molecular weight is 131 g/mol. The van der Waals surface area contributed by atoms with E-state index in [2.05, 4.69) is 5.16 Å². The van der Waals surface area contributed by atoms with Crippen molar-refractivity contribution in [1.29, 1.82) is 0 Å². The lowest BCUT2D eigenvalue weighted by Gasteiger charge is -2.08. The second-order valence-corrected chi connectivity index (χ2v) is 2.23. The second kappa shape index (κ2) is 4.32. The molecule has 9 heavy (non-hydrogen) atoms. The van der Waals surface area contributed by atoms with Crippen molar-refractivity contribution in [1.82, 2.24) is 0 Å². The molecule has 0 amide bonds. The van der Waals surface area contributed by atoms with Crippen LogP contribution in [0.1, 0.15) is 32.1 Å². The first-order chi connectivity index (χ1) is 3.93. The van der Waals surface area contributed by atoms with Gasteiger partial charge in [-0.25, -0.2) is 0 Å². The molecule has 0 aromatic rings. The molecular weight excluding hydrogens is 118 g/mol. The molecule has 1 aliphatic rings. The van der Waals surface area contributed by atoms with E-state index in [1.807, 2.05) is 0 Å². The molecule has 0 aromatic carbocycles. The fraction of sp³-hybridized carbons (Fsp3) is 0.833. The Labute approximate surface area is 54.7 Å². The molecule has 1 saturated carbocycles. The zero-order chi connectivity index (χ0) is 5.82. The van der Waals surface area contributed by atoms with Crippen LogP contribution in [-0.2, 0) is 0 Å². The average Bonchev–Trinajstić information content (AvgIpc) is 1.90. The fourth-order valence-electron chi connectivity index (χ4n) is 1.06. The zero-order valence-corrected chi connectivity index (χ0v) is 5.43. The Balaban J connectivity index is 0.000000640. The molecule has 0 bridgehead atoms. The highest BCUT2D eigenvalue weighted by atomic mass is 16.4. The van der Waals surface area contributed by atoms with Crippen molar-refractivity contribution in [3.05, 3.63) is 0 Å². The van der Waals surface area contributed by atoms with E-state index < -0.39 is 0 Å². The molecule has 1 aliphatic carbocycles. The van der Waals surface area contributed by atoms with Crippen molar-refractivity contribution in [3.63, 3.8) is 0 Å². The van der Waals surface area contributed by atoms with Crippen molar-refractivity contribution in [3.8, 4) is 0 Å². The van der Waals surface area contributed by atoms with Crippen LogP contribution in [0.2, 0.25) is 0 Å². The molecule has 3 heteroatoms. The van der Waals surface area contributed by atoms with Gasteiger partial charge in [-0.3, -0.25) is 0 Å². The Bertz CT molecular complexity index is 93.2. The van der Waals surface area contributed by atoms with Crippen LogP contribution in [0.4, 0.5) is 0 Å². The largest absolute Gasteiger partial charge is 0.412 e. The van der Waals surface area contributed by atoms with Crippen LogP contribution < -0.4 is 0 Å². The molecular formula is C6H13NO2. The van der Waals surface area contributed by atoms with Crippen molar-refractivity contribution in [2.45, 2.75) is 32.1 Å². The summed E-state index contributed by atoms with van der Waals surface area (Å²) in [5.74, 6) is 0. The van der Waals surface area contributed by atoms with Gasteiger partial charge >= 0.3 is 0 Å². The first-order valence-electron chi connectivity index (χ1n) is 3.13. The summed E-state index contributed by atoms with van der Waals surface area (Å²) in [7, 11) is 0. The summed E-state index contributed by atoms with van der Waals surface area (Å²) in [5.41, 5.74) is 0.983. The molecule has 0 atom stereocenters. The van der Waals surface area contributed by atoms with Crippen molar-refractivity contribution >= 4 is 5.71 Å². The van der Waals surface area contributed by atoms with Crippen LogP contribution in [0.15, 0.2) is 5.16 Å². The molecule has 1 rings (SSSR count). The molecule has 1 fully saturated rings. The van der Waals surface area contributed by atoms with Crippen LogP contribution in [0.25, 0.3) is 0 Å². The number of hydrogen-bond acceptors (Lipinski definition) is 2. The first kappa shape index (κ1) is 8.43. The topological polar surface area (TPSA) is 64.1 Å². The van der Waals surface area contributed by atoms with Gasteiger partial charge in [0.2, 0.25) is 0 Å². The summed E-state index contributed by atoms with van der Waals surface area (Å²) in [5, 5.41) is 11.4. The van der Waals surface area contributed by atoms with E-state index in [-0.39, 0.29) is 5.48 Å². The van der Waals surface area contributed by atoms with Gasteiger partial charge in [0.05, 0.1) is 5.71 Å². The minimum Gasteiger partial charge on any atom is -0.412 e. The van der Waals surface area contributed by atoms with E-state index in [4.69, 9.17) is 5.21 Å². The highest BCUT2D eigenvalue weighted by molar-refractivity contribution is 5.84. The maximum absolute atomic E-state index is 8.28. The number of hydrogen-bond donors (Lipinski definition) is 1. The highest BCUT2D eigenvalue weighted by Gasteiger charge is 2.05. The van der Waals surface area contributed by atoms with E-state index in [9.17, 15) is 0 Å². The zero-order valence-electron chi connectivity index (χ0n) is 5.43. The fourth-order valence-corrected chi connectivity index (χ4v) is 1.06. The van der Waals surface area contributed by atoms with E-state index in [0.717, 1.165) is 18.6 Å². The lowest BCUT2D eigenvalue weighted by Crippen LogP contribution is -2.03. The molecule has 0 saturated heterocycles. The van der Waals surface area contributed by atoms with Gasteiger partial charge in [0.15, 0.2) is 0 Å². The van der Waals surface area contributed by atoms with E-state index in [1.54, 1.807) is 0 Å². The summed E-state index contributed by atoms with van der Waals surface area (Å²) in [4.78, 5) is 0. The lowest BCUT2D eigenvalue weighted by molar-refractivity contribution is 0.314. The Hall–Kier alpha value is -0.570. The number of oxime groups is 1. The summed E-state index contributed by atoms with van der Waals surface area (Å²) < 4.78 is 0. The quantitative estimate of drug-likeness (QED) is 0.386. The minimum absolute atomic E-state index is 0. The summed E-state index contributed by atoms with van der Waals surface area (Å²) >= 11 is 0. The molecule has 0 spiro atoms. The molecule has 0 aromatic heterocycles. The van der Waals surface area contributed by atoms with Crippen molar-refractivity contribution in [2.24, 2.45) is 5.16 Å².